The van der Waals surface area contributed by atoms with Gasteiger partial charge in [0, 0.05) is 6.08 Å². The lowest BCUT2D eigenvalue weighted by atomic mass is 10.0. The second kappa shape index (κ2) is 9.55. The van der Waals surface area contributed by atoms with Crippen LogP contribution in [-0.2, 0) is 20.7 Å². The minimum Gasteiger partial charge on any atom is -0.457 e. The molecule has 6 nitrogen and oxygen atoms in total. The van der Waals surface area contributed by atoms with E-state index < -0.39 is 35.4 Å². The fourth-order valence-electron chi connectivity index (χ4n) is 2.23. The summed E-state index contributed by atoms with van der Waals surface area (Å²) in [4.78, 5) is 24.0. The maximum atomic E-state index is 12.1. The summed E-state index contributed by atoms with van der Waals surface area (Å²) >= 11 is 0. The van der Waals surface area contributed by atoms with Gasteiger partial charge in [0.2, 0.25) is 0 Å². The first-order chi connectivity index (χ1) is 12.4. The van der Waals surface area contributed by atoms with Crippen LogP contribution in [0.4, 0.5) is 4.79 Å². The smallest absolute Gasteiger partial charge is 0.407 e. The molecule has 0 unspecified atom stereocenters. The van der Waals surface area contributed by atoms with E-state index in [2.05, 4.69) is 5.32 Å². The van der Waals surface area contributed by atoms with Crippen molar-refractivity contribution in [2.24, 2.45) is 0 Å². The van der Waals surface area contributed by atoms with Gasteiger partial charge < -0.3 is 19.9 Å². The van der Waals surface area contributed by atoms with Crippen molar-refractivity contribution in [3.05, 3.63) is 48.0 Å². The van der Waals surface area contributed by atoms with E-state index in [0.29, 0.717) is 6.42 Å². The molecule has 0 aliphatic heterocycles. The SMILES string of the molecule is CC(C)(C)OC(=O)/C=C/[C@H](O)[C@H](Cc1ccccc1)NC(=O)OC(C)(C)C. The van der Waals surface area contributed by atoms with Crippen molar-refractivity contribution in [1.82, 2.24) is 5.32 Å². The molecule has 0 saturated carbocycles. The van der Waals surface area contributed by atoms with Gasteiger partial charge in [0.1, 0.15) is 11.2 Å². The average Bonchev–Trinajstić information content (AvgIpc) is 2.49. The Labute approximate surface area is 161 Å². The van der Waals surface area contributed by atoms with Crippen LogP contribution in [0.15, 0.2) is 42.5 Å². The van der Waals surface area contributed by atoms with Crippen LogP contribution in [0.3, 0.4) is 0 Å². The fraction of sp³-hybridized carbons (Fsp3) is 0.524. The number of ether oxygens (including phenoxy) is 2. The number of benzene rings is 1. The average molecular weight is 377 g/mol. The Balaban J connectivity index is 2.85. The van der Waals surface area contributed by atoms with Crippen molar-refractivity contribution < 1.29 is 24.2 Å². The van der Waals surface area contributed by atoms with Crippen LogP contribution in [-0.4, -0.2) is 40.5 Å². The first-order valence-corrected chi connectivity index (χ1v) is 8.98. The molecule has 1 aromatic rings. The molecule has 0 aliphatic carbocycles. The number of rotatable bonds is 6. The number of carbonyl (C=O) groups is 2. The van der Waals surface area contributed by atoms with Crippen LogP contribution in [0.2, 0.25) is 0 Å². The number of aliphatic hydroxyl groups is 1. The zero-order chi connectivity index (χ0) is 20.7. The molecule has 2 atom stereocenters. The Morgan fingerprint density at radius 2 is 1.59 bits per heavy atom. The predicted octanol–water partition coefficient (Wildman–Crippen LogP) is 3.38. The molecule has 0 bridgehead atoms. The number of aliphatic hydroxyl groups excluding tert-OH is 1. The van der Waals surface area contributed by atoms with Crippen LogP contribution in [0.1, 0.15) is 47.1 Å². The van der Waals surface area contributed by atoms with Gasteiger partial charge in [-0.2, -0.15) is 0 Å². The largest absolute Gasteiger partial charge is 0.457 e. The molecule has 27 heavy (non-hydrogen) atoms. The molecule has 0 aromatic heterocycles. The molecule has 1 amide bonds. The lowest BCUT2D eigenvalue weighted by Gasteiger charge is -2.25. The van der Waals surface area contributed by atoms with Gasteiger partial charge in [0.05, 0.1) is 12.1 Å². The predicted molar refractivity (Wildman–Crippen MR) is 104 cm³/mol. The summed E-state index contributed by atoms with van der Waals surface area (Å²) in [6.07, 6.45) is 1.14. The van der Waals surface area contributed by atoms with Gasteiger partial charge in [-0.05, 0) is 59.6 Å². The zero-order valence-electron chi connectivity index (χ0n) is 17.0. The summed E-state index contributed by atoms with van der Waals surface area (Å²) in [6, 6.07) is 8.77. The minimum absolute atomic E-state index is 0.375. The van der Waals surface area contributed by atoms with Gasteiger partial charge in [-0.15, -0.1) is 0 Å². The summed E-state index contributed by atoms with van der Waals surface area (Å²) < 4.78 is 10.5. The van der Waals surface area contributed by atoms with Crippen LogP contribution < -0.4 is 5.32 Å². The molecular weight excluding hydrogens is 346 g/mol. The number of carbonyl (C=O) groups excluding carboxylic acids is 2. The second-order valence-corrected chi connectivity index (χ2v) is 8.33. The fourth-order valence-corrected chi connectivity index (χ4v) is 2.23. The van der Waals surface area contributed by atoms with Crippen molar-refractivity contribution in [2.75, 3.05) is 0 Å². The molecule has 6 heteroatoms. The van der Waals surface area contributed by atoms with Crippen molar-refractivity contribution in [3.63, 3.8) is 0 Å². The van der Waals surface area contributed by atoms with Crippen molar-refractivity contribution >= 4 is 12.1 Å². The first-order valence-electron chi connectivity index (χ1n) is 8.98. The van der Waals surface area contributed by atoms with Gasteiger partial charge in [-0.1, -0.05) is 30.3 Å². The molecule has 0 radical (unpaired) electrons. The number of alkyl carbamates (subject to hydrolysis) is 1. The third kappa shape index (κ3) is 10.4. The Bertz CT molecular complexity index is 641. The number of hydrogen-bond acceptors (Lipinski definition) is 5. The quantitative estimate of drug-likeness (QED) is 0.586. The Kier molecular flexibility index (Phi) is 8.03. The molecule has 0 saturated heterocycles. The van der Waals surface area contributed by atoms with Crippen molar-refractivity contribution in [3.8, 4) is 0 Å². The van der Waals surface area contributed by atoms with Crippen LogP contribution in [0.25, 0.3) is 0 Å². The molecule has 2 N–H and O–H groups in total. The summed E-state index contributed by atoms with van der Waals surface area (Å²) in [5, 5.41) is 13.2. The Morgan fingerprint density at radius 3 is 2.11 bits per heavy atom. The van der Waals surface area contributed by atoms with E-state index in [1.165, 1.54) is 12.2 Å². The third-order valence-corrected chi connectivity index (χ3v) is 3.25. The summed E-state index contributed by atoms with van der Waals surface area (Å²) in [7, 11) is 0. The molecular formula is C21H31NO5. The van der Waals surface area contributed by atoms with Crippen LogP contribution in [0.5, 0.6) is 0 Å². The minimum atomic E-state index is -1.09. The number of nitrogens with one attached hydrogen (secondary N) is 1. The van der Waals surface area contributed by atoms with Gasteiger partial charge >= 0.3 is 12.1 Å². The van der Waals surface area contributed by atoms with Gasteiger partial charge in [-0.3, -0.25) is 0 Å². The second-order valence-electron chi connectivity index (χ2n) is 8.33. The van der Waals surface area contributed by atoms with E-state index in [1.54, 1.807) is 41.5 Å². The summed E-state index contributed by atoms with van der Waals surface area (Å²) in [5.41, 5.74) is -0.341. The number of hydrogen-bond donors (Lipinski definition) is 2. The summed E-state index contributed by atoms with van der Waals surface area (Å²) in [6.45, 7) is 10.6. The van der Waals surface area contributed by atoms with E-state index in [4.69, 9.17) is 9.47 Å². The molecule has 1 aromatic carbocycles. The van der Waals surface area contributed by atoms with Gasteiger partial charge in [-0.25, -0.2) is 9.59 Å². The Morgan fingerprint density at radius 1 is 1.04 bits per heavy atom. The zero-order valence-corrected chi connectivity index (χ0v) is 17.0. The van der Waals surface area contributed by atoms with Gasteiger partial charge in [0.25, 0.3) is 0 Å². The number of esters is 1. The lowest BCUT2D eigenvalue weighted by molar-refractivity contribution is -0.148. The van der Waals surface area contributed by atoms with Crippen molar-refractivity contribution in [2.45, 2.75) is 71.3 Å². The van der Waals surface area contributed by atoms with E-state index in [1.807, 2.05) is 30.3 Å². The van der Waals surface area contributed by atoms with E-state index >= 15 is 0 Å². The first kappa shape index (κ1) is 22.7. The highest BCUT2D eigenvalue weighted by molar-refractivity contribution is 5.82. The molecule has 0 fully saturated rings. The standard InChI is InChI=1S/C21H31NO5/c1-20(2,3)26-18(24)13-12-17(23)16(14-15-10-8-7-9-11-15)22-19(25)27-21(4,5)6/h7-13,16-17,23H,14H2,1-6H3,(H,22,25)/b13-12+/t16-,17-/m0/s1. The highest BCUT2D eigenvalue weighted by Crippen LogP contribution is 2.12. The van der Waals surface area contributed by atoms with Crippen LogP contribution in [0, 0.1) is 0 Å². The topological polar surface area (TPSA) is 84.9 Å². The van der Waals surface area contributed by atoms with Gasteiger partial charge in [0.15, 0.2) is 0 Å². The van der Waals surface area contributed by atoms with E-state index in [9.17, 15) is 14.7 Å². The normalized spacial score (nSPS) is 14.5. The van der Waals surface area contributed by atoms with E-state index in [-0.39, 0.29) is 0 Å². The van der Waals surface area contributed by atoms with Crippen LogP contribution >= 0.6 is 0 Å². The van der Waals surface area contributed by atoms with E-state index in [0.717, 1.165) is 5.56 Å². The molecule has 1 rings (SSSR count). The lowest BCUT2D eigenvalue weighted by Crippen LogP contribution is -2.46. The monoisotopic (exact) mass is 377 g/mol. The van der Waals surface area contributed by atoms with Crippen molar-refractivity contribution in [1.29, 1.82) is 0 Å². The maximum Gasteiger partial charge on any atom is 0.407 e. The summed E-state index contributed by atoms with van der Waals surface area (Å²) in [5.74, 6) is -0.558. The molecule has 0 spiro atoms. The maximum absolute atomic E-state index is 12.1. The molecule has 150 valence electrons. The highest BCUT2D eigenvalue weighted by atomic mass is 16.6. The number of amides is 1. The molecule has 0 aliphatic rings. The highest BCUT2D eigenvalue weighted by Gasteiger charge is 2.24. The third-order valence-electron chi connectivity index (χ3n) is 3.25. The Hall–Kier alpha value is -2.34. The molecule has 0 heterocycles.